The highest BCUT2D eigenvalue weighted by atomic mass is 19.1. The van der Waals surface area contributed by atoms with Crippen LogP contribution < -0.4 is 5.32 Å². The average molecular weight is 381 g/mol. The summed E-state index contributed by atoms with van der Waals surface area (Å²) in [6, 6.07) is 13.3. The van der Waals surface area contributed by atoms with E-state index in [0.29, 0.717) is 12.5 Å². The molecule has 0 aliphatic heterocycles. The van der Waals surface area contributed by atoms with Gasteiger partial charge in [-0.3, -0.25) is 0 Å². The van der Waals surface area contributed by atoms with Crippen molar-refractivity contribution in [3.63, 3.8) is 0 Å². The zero-order valence-corrected chi connectivity index (χ0v) is 16.3. The Balaban J connectivity index is 1.58. The Labute approximate surface area is 164 Å². The van der Waals surface area contributed by atoms with Gasteiger partial charge in [0.1, 0.15) is 11.6 Å². The van der Waals surface area contributed by atoms with Crippen LogP contribution in [-0.2, 0) is 19.4 Å². The van der Waals surface area contributed by atoms with Crippen molar-refractivity contribution in [1.82, 2.24) is 15.1 Å². The molecule has 0 fully saturated rings. The first-order chi connectivity index (χ1) is 13.5. The van der Waals surface area contributed by atoms with E-state index in [1.807, 2.05) is 16.8 Å². The van der Waals surface area contributed by atoms with E-state index in [1.165, 1.54) is 35.5 Å². The summed E-state index contributed by atoms with van der Waals surface area (Å²) in [7, 11) is 0. The molecule has 2 aromatic carbocycles. The fourth-order valence-electron chi connectivity index (χ4n) is 4.07. The number of hydrogen-bond acceptors (Lipinski definition) is 2. The molecule has 4 rings (SSSR count). The lowest BCUT2D eigenvalue weighted by atomic mass is 9.96. The average Bonchev–Trinajstić information content (AvgIpc) is 3.27. The standard InChI is InChI=1S/C23H25F2N3/c1-15(2)23(16-6-8-17(24)9-7-16)26-14-21-20-4-3-5-22(20)28(27-21)19-12-10-18(25)11-13-19/h6-13,15,23,26H,3-5,14H2,1-2H3. The minimum Gasteiger partial charge on any atom is -0.304 e. The molecule has 1 aliphatic rings. The molecule has 1 unspecified atom stereocenters. The third-order valence-corrected chi connectivity index (χ3v) is 5.47. The highest BCUT2D eigenvalue weighted by Crippen LogP contribution is 2.29. The minimum absolute atomic E-state index is 0.119. The lowest BCUT2D eigenvalue weighted by Crippen LogP contribution is -2.26. The number of halogens is 2. The number of rotatable bonds is 6. The summed E-state index contributed by atoms with van der Waals surface area (Å²) in [6.07, 6.45) is 3.13. The van der Waals surface area contributed by atoms with Crippen LogP contribution in [0.4, 0.5) is 8.78 Å². The quantitative estimate of drug-likeness (QED) is 0.642. The van der Waals surface area contributed by atoms with Crippen LogP contribution in [0.3, 0.4) is 0 Å². The van der Waals surface area contributed by atoms with Crippen LogP contribution in [0.1, 0.15) is 48.8 Å². The van der Waals surface area contributed by atoms with Gasteiger partial charge in [0.2, 0.25) is 0 Å². The largest absolute Gasteiger partial charge is 0.304 e. The van der Waals surface area contributed by atoms with Crippen molar-refractivity contribution in [3.05, 3.63) is 82.7 Å². The number of fused-ring (bicyclic) bond motifs is 1. The molecule has 1 aromatic heterocycles. The lowest BCUT2D eigenvalue weighted by molar-refractivity contribution is 0.407. The van der Waals surface area contributed by atoms with E-state index in [9.17, 15) is 8.78 Å². The zero-order chi connectivity index (χ0) is 19.7. The Kier molecular flexibility index (Phi) is 5.27. The summed E-state index contributed by atoms with van der Waals surface area (Å²) in [5.41, 5.74) is 5.55. The van der Waals surface area contributed by atoms with E-state index < -0.39 is 0 Å². The van der Waals surface area contributed by atoms with Gasteiger partial charge in [0.25, 0.3) is 0 Å². The lowest BCUT2D eigenvalue weighted by Gasteiger charge is -2.23. The van der Waals surface area contributed by atoms with Gasteiger partial charge in [0, 0.05) is 18.3 Å². The normalized spacial score (nSPS) is 14.5. The second kappa shape index (κ2) is 7.84. The molecule has 0 bridgehead atoms. The van der Waals surface area contributed by atoms with Crippen molar-refractivity contribution in [1.29, 1.82) is 0 Å². The van der Waals surface area contributed by atoms with Crippen molar-refractivity contribution < 1.29 is 8.78 Å². The monoisotopic (exact) mass is 381 g/mol. The number of benzene rings is 2. The van der Waals surface area contributed by atoms with Gasteiger partial charge < -0.3 is 5.32 Å². The summed E-state index contributed by atoms with van der Waals surface area (Å²) >= 11 is 0. The second-order valence-corrected chi connectivity index (χ2v) is 7.77. The topological polar surface area (TPSA) is 29.9 Å². The molecule has 28 heavy (non-hydrogen) atoms. The fraction of sp³-hybridized carbons (Fsp3) is 0.348. The first-order valence-corrected chi connectivity index (χ1v) is 9.87. The van der Waals surface area contributed by atoms with Gasteiger partial charge in [-0.2, -0.15) is 5.10 Å². The van der Waals surface area contributed by atoms with Gasteiger partial charge in [-0.1, -0.05) is 26.0 Å². The Bertz CT molecular complexity index is 943. The molecule has 0 amide bonds. The maximum absolute atomic E-state index is 13.3. The van der Waals surface area contributed by atoms with Gasteiger partial charge in [0.15, 0.2) is 0 Å². The first-order valence-electron chi connectivity index (χ1n) is 9.87. The molecule has 1 aliphatic carbocycles. The van der Waals surface area contributed by atoms with Gasteiger partial charge >= 0.3 is 0 Å². The Hall–Kier alpha value is -2.53. The highest BCUT2D eigenvalue weighted by molar-refractivity contribution is 5.40. The van der Waals surface area contributed by atoms with Crippen LogP contribution in [0, 0.1) is 17.6 Å². The van der Waals surface area contributed by atoms with Crippen LogP contribution in [0.25, 0.3) is 5.69 Å². The summed E-state index contributed by atoms with van der Waals surface area (Å²) < 4.78 is 28.5. The van der Waals surface area contributed by atoms with Crippen molar-refractivity contribution in [2.45, 2.75) is 45.7 Å². The van der Waals surface area contributed by atoms with Crippen LogP contribution >= 0.6 is 0 Å². The Morgan fingerprint density at radius 3 is 2.25 bits per heavy atom. The van der Waals surface area contributed by atoms with Crippen LogP contribution in [-0.4, -0.2) is 9.78 Å². The van der Waals surface area contributed by atoms with Crippen molar-refractivity contribution >= 4 is 0 Å². The molecule has 3 nitrogen and oxygen atoms in total. The molecule has 1 atom stereocenters. The molecule has 0 saturated heterocycles. The molecule has 0 spiro atoms. The van der Waals surface area contributed by atoms with Gasteiger partial charge in [-0.25, -0.2) is 13.5 Å². The Morgan fingerprint density at radius 2 is 1.61 bits per heavy atom. The molecule has 1 N–H and O–H groups in total. The zero-order valence-electron chi connectivity index (χ0n) is 16.3. The molecular weight excluding hydrogens is 356 g/mol. The van der Waals surface area contributed by atoms with Crippen molar-refractivity contribution in [3.8, 4) is 5.69 Å². The molecule has 5 heteroatoms. The Morgan fingerprint density at radius 1 is 0.964 bits per heavy atom. The number of hydrogen-bond donors (Lipinski definition) is 1. The maximum atomic E-state index is 13.3. The van der Waals surface area contributed by atoms with E-state index in [0.717, 1.165) is 36.2 Å². The van der Waals surface area contributed by atoms with Gasteiger partial charge in [-0.15, -0.1) is 0 Å². The van der Waals surface area contributed by atoms with E-state index in [1.54, 1.807) is 12.1 Å². The van der Waals surface area contributed by atoms with Crippen LogP contribution in [0.15, 0.2) is 48.5 Å². The molecule has 0 saturated carbocycles. The number of aromatic nitrogens is 2. The minimum atomic E-state index is -0.242. The third-order valence-electron chi connectivity index (χ3n) is 5.47. The molecule has 1 heterocycles. The van der Waals surface area contributed by atoms with Crippen molar-refractivity contribution in [2.24, 2.45) is 5.92 Å². The fourth-order valence-corrected chi connectivity index (χ4v) is 4.07. The maximum Gasteiger partial charge on any atom is 0.123 e. The predicted molar refractivity (Wildman–Crippen MR) is 106 cm³/mol. The smallest absolute Gasteiger partial charge is 0.123 e. The molecular formula is C23H25F2N3. The van der Waals surface area contributed by atoms with E-state index in [-0.39, 0.29) is 17.7 Å². The van der Waals surface area contributed by atoms with Crippen LogP contribution in [0.2, 0.25) is 0 Å². The van der Waals surface area contributed by atoms with Gasteiger partial charge in [-0.05, 0) is 72.7 Å². The SMILES string of the molecule is CC(C)C(NCc1nn(-c2ccc(F)cc2)c2c1CCC2)c1ccc(F)cc1. The van der Waals surface area contributed by atoms with Crippen molar-refractivity contribution in [2.75, 3.05) is 0 Å². The molecule has 146 valence electrons. The summed E-state index contributed by atoms with van der Waals surface area (Å²) in [5, 5.41) is 8.46. The number of nitrogens with one attached hydrogen (secondary N) is 1. The summed E-state index contributed by atoms with van der Waals surface area (Å²) in [6.45, 7) is 4.96. The molecule has 0 radical (unpaired) electrons. The predicted octanol–water partition coefficient (Wildman–Crippen LogP) is 5.13. The van der Waals surface area contributed by atoms with E-state index >= 15 is 0 Å². The summed E-state index contributed by atoms with van der Waals surface area (Å²) in [4.78, 5) is 0. The number of nitrogens with zero attached hydrogens (tertiary/aromatic N) is 2. The third kappa shape index (κ3) is 3.72. The van der Waals surface area contributed by atoms with E-state index in [2.05, 4.69) is 19.2 Å². The van der Waals surface area contributed by atoms with E-state index in [4.69, 9.17) is 5.10 Å². The summed E-state index contributed by atoms with van der Waals surface area (Å²) in [5.74, 6) is -0.103. The second-order valence-electron chi connectivity index (χ2n) is 7.77. The van der Waals surface area contributed by atoms with Gasteiger partial charge in [0.05, 0.1) is 11.4 Å². The molecule has 3 aromatic rings. The first kappa shape index (κ1) is 18.8. The van der Waals surface area contributed by atoms with Crippen LogP contribution in [0.5, 0.6) is 0 Å². The highest BCUT2D eigenvalue weighted by Gasteiger charge is 2.24.